The van der Waals surface area contributed by atoms with Gasteiger partial charge in [0, 0.05) is 21.1 Å². The molecule has 2 heterocycles. The second kappa shape index (κ2) is 7.50. The lowest BCUT2D eigenvalue weighted by Crippen LogP contribution is -2.29. The Labute approximate surface area is 179 Å². The Morgan fingerprint density at radius 1 is 1.14 bits per heavy atom. The van der Waals surface area contributed by atoms with Crippen LogP contribution in [-0.2, 0) is 9.59 Å². The van der Waals surface area contributed by atoms with Crippen molar-refractivity contribution in [2.45, 2.75) is 13.0 Å². The number of benzene rings is 2. The zero-order valence-electron chi connectivity index (χ0n) is 15.1. The number of ketones is 1. The van der Waals surface area contributed by atoms with E-state index in [4.69, 9.17) is 16.1 Å². The maximum atomic E-state index is 12.9. The Kier molecular flexibility index (Phi) is 5.02. The van der Waals surface area contributed by atoms with Crippen LogP contribution in [0.1, 0.15) is 22.9 Å². The molecule has 0 unspecified atom stereocenters. The van der Waals surface area contributed by atoms with Crippen molar-refractivity contribution >= 4 is 50.8 Å². The molecule has 1 atom stereocenters. The van der Waals surface area contributed by atoms with Gasteiger partial charge < -0.3 is 9.63 Å². The SMILES string of the molecule is Cc1cc(N2C(=O)C(=O)/C(=C(/O)c3ccc(Cl)cc3)[C@H]2c2ccc(Br)cc2)no1. The lowest BCUT2D eigenvalue weighted by molar-refractivity contribution is -0.132. The number of Topliss-reactive ketones (excluding diaryl/α,β-unsaturated/α-hetero) is 1. The van der Waals surface area contributed by atoms with Crippen LogP contribution < -0.4 is 4.90 Å². The number of rotatable bonds is 3. The van der Waals surface area contributed by atoms with Gasteiger partial charge in [-0.2, -0.15) is 0 Å². The first-order chi connectivity index (χ1) is 13.9. The Morgan fingerprint density at radius 3 is 2.38 bits per heavy atom. The van der Waals surface area contributed by atoms with Crippen molar-refractivity contribution in [3.8, 4) is 0 Å². The molecule has 1 N–H and O–H groups in total. The quantitative estimate of drug-likeness (QED) is 0.328. The summed E-state index contributed by atoms with van der Waals surface area (Å²) < 4.78 is 5.94. The molecule has 1 amide bonds. The van der Waals surface area contributed by atoms with E-state index in [1.807, 2.05) is 0 Å². The third kappa shape index (κ3) is 3.47. The highest BCUT2D eigenvalue weighted by atomic mass is 79.9. The molecular weight excluding hydrogens is 460 g/mol. The molecule has 0 radical (unpaired) electrons. The Hall–Kier alpha value is -2.90. The third-order valence-corrected chi connectivity index (χ3v) is 5.39. The summed E-state index contributed by atoms with van der Waals surface area (Å²) in [5.74, 6) is -1.18. The minimum atomic E-state index is -0.858. The Morgan fingerprint density at radius 2 is 1.79 bits per heavy atom. The van der Waals surface area contributed by atoms with Crippen LogP contribution >= 0.6 is 27.5 Å². The van der Waals surface area contributed by atoms with Crippen LogP contribution in [0.3, 0.4) is 0 Å². The molecule has 0 aliphatic carbocycles. The van der Waals surface area contributed by atoms with E-state index in [1.165, 1.54) is 4.90 Å². The van der Waals surface area contributed by atoms with Crippen LogP contribution in [0.5, 0.6) is 0 Å². The predicted molar refractivity (Wildman–Crippen MR) is 112 cm³/mol. The van der Waals surface area contributed by atoms with Gasteiger partial charge in [0.05, 0.1) is 11.6 Å². The Balaban J connectivity index is 1.93. The fraction of sp³-hybridized carbons (Fsp3) is 0.0952. The molecule has 2 aromatic carbocycles. The maximum Gasteiger partial charge on any atom is 0.301 e. The molecule has 0 saturated carbocycles. The maximum absolute atomic E-state index is 12.9. The number of amides is 1. The van der Waals surface area contributed by atoms with Crippen molar-refractivity contribution in [2.24, 2.45) is 0 Å². The second-order valence-electron chi connectivity index (χ2n) is 6.52. The van der Waals surface area contributed by atoms with Gasteiger partial charge in [0.15, 0.2) is 5.82 Å². The first-order valence-electron chi connectivity index (χ1n) is 8.62. The van der Waals surface area contributed by atoms with E-state index in [1.54, 1.807) is 61.5 Å². The number of halogens is 2. The monoisotopic (exact) mass is 472 g/mol. The van der Waals surface area contributed by atoms with Crippen molar-refractivity contribution in [1.29, 1.82) is 0 Å². The summed E-state index contributed by atoms with van der Waals surface area (Å²) in [4.78, 5) is 27.1. The van der Waals surface area contributed by atoms with E-state index in [0.29, 0.717) is 21.9 Å². The lowest BCUT2D eigenvalue weighted by Gasteiger charge is -2.22. The minimum absolute atomic E-state index is 0.0275. The normalized spacial score (nSPS) is 18.4. The highest BCUT2D eigenvalue weighted by Crippen LogP contribution is 2.42. The largest absolute Gasteiger partial charge is 0.507 e. The summed E-state index contributed by atoms with van der Waals surface area (Å²) in [6.07, 6.45) is 0. The topological polar surface area (TPSA) is 83.6 Å². The molecule has 4 rings (SSSR count). The summed E-state index contributed by atoms with van der Waals surface area (Å²) in [6, 6.07) is 14.2. The molecule has 3 aromatic rings. The highest BCUT2D eigenvalue weighted by molar-refractivity contribution is 9.10. The molecule has 0 spiro atoms. The third-order valence-electron chi connectivity index (χ3n) is 4.61. The molecule has 1 aliphatic heterocycles. The number of aliphatic hydroxyl groups is 1. The van der Waals surface area contributed by atoms with E-state index >= 15 is 0 Å². The number of anilines is 1. The van der Waals surface area contributed by atoms with Crippen molar-refractivity contribution in [3.05, 3.63) is 86.6 Å². The van der Waals surface area contributed by atoms with Crippen LogP contribution in [0, 0.1) is 6.92 Å². The summed E-state index contributed by atoms with van der Waals surface area (Å²) in [7, 11) is 0. The van der Waals surface area contributed by atoms with E-state index < -0.39 is 17.7 Å². The molecule has 146 valence electrons. The molecule has 1 saturated heterocycles. The number of nitrogens with zero attached hydrogens (tertiary/aromatic N) is 2. The van der Waals surface area contributed by atoms with Crippen molar-refractivity contribution < 1.29 is 19.2 Å². The lowest BCUT2D eigenvalue weighted by atomic mass is 9.95. The number of aryl methyl sites for hydroxylation is 1. The van der Waals surface area contributed by atoms with Gasteiger partial charge >= 0.3 is 5.91 Å². The zero-order valence-corrected chi connectivity index (χ0v) is 17.4. The van der Waals surface area contributed by atoms with Crippen LogP contribution in [0.25, 0.3) is 5.76 Å². The van der Waals surface area contributed by atoms with Crippen LogP contribution in [0.15, 0.2) is 69.2 Å². The molecule has 1 fully saturated rings. The zero-order chi connectivity index (χ0) is 20.7. The van der Waals surface area contributed by atoms with Gasteiger partial charge in [0.1, 0.15) is 11.5 Å². The van der Waals surface area contributed by atoms with Crippen LogP contribution in [-0.4, -0.2) is 22.0 Å². The number of aromatic nitrogens is 1. The van der Waals surface area contributed by atoms with E-state index in [9.17, 15) is 14.7 Å². The summed E-state index contributed by atoms with van der Waals surface area (Å²) in [6.45, 7) is 1.69. The van der Waals surface area contributed by atoms with Gasteiger partial charge in [-0.15, -0.1) is 0 Å². The average Bonchev–Trinajstić information content (AvgIpc) is 3.24. The molecule has 1 aliphatic rings. The molecule has 29 heavy (non-hydrogen) atoms. The van der Waals surface area contributed by atoms with Gasteiger partial charge in [-0.3, -0.25) is 14.5 Å². The summed E-state index contributed by atoms with van der Waals surface area (Å²) >= 11 is 9.30. The standard InChI is InChI=1S/C21H14BrClN2O4/c1-11-10-16(24-29-11)25-18(12-2-6-14(22)7-3-12)17(20(27)21(25)28)19(26)13-4-8-15(23)9-5-13/h2-10,18,26H,1H3/b19-17+/t18-/m1/s1. The second-order valence-corrected chi connectivity index (χ2v) is 7.88. The fourth-order valence-electron chi connectivity index (χ4n) is 3.26. The number of hydrogen-bond donors (Lipinski definition) is 1. The van der Waals surface area contributed by atoms with E-state index in [0.717, 1.165) is 4.47 Å². The van der Waals surface area contributed by atoms with Crippen molar-refractivity contribution in [1.82, 2.24) is 5.16 Å². The molecular formula is C21H14BrClN2O4. The number of carbonyl (C=O) groups is 2. The van der Waals surface area contributed by atoms with Gasteiger partial charge in [-0.25, -0.2) is 0 Å². The fourth-order valence-corrected chi connectivity index (χ4v) is 3.65. The first-order valence-corrected chi connectivity index (χ1v) is 9.79. The van der Waals surface area contributed by atoms with Crippen molar-refractivity contribution in [2.75, 3.05) is 4.90 Å². The molecule has 8 heteroatoms. The highest BCUT2D eigenvalue weighted by Gasteiger charge is 2.48. The first kappa shape index (κ1) is 19.4. The number of hydrogen-bond acceptors (Lipinski definition) is 5. The van der Waals surface area contributed by atoms with Gasteiger partial charge in [0.25, 0.3) is 5.78 Å². The van der Waals surface area contributed by atoms with Crippen LogP contribution in [0.4, 0.5) is 5.82 Å². The molecule has 6 nitrogen and oxygen atoms in total. The summed E-state index contributed by atoms with van der Waals surface area (Å²) in [5, 5.41) is 15.3. The minimum Gasteiger partial charge on any atom is -0.507 e. The smallest absolute Gasteiger partial charge is 0.301 e. The average molecular weight is 474 g/mol. The van der Waals surface area contributed by atoms with Gasteiger partial charge in [-0.05, 0) is 48.9 Å². The van der Waals surface area contributed by atoms with Gasteiger partial charge in [-0.1, -0.05) is 44.8 Å². The molecule has 1 aromatic heterocycles. The number of aliphatic hydroxyl groups excluding tert-OH is 1. The molecule has 0 bridgehead atoms. The van der Waals surface area contributed by atoms with Gasteiger partial charge in [0.2, 0.25) is 0 Å². The van der Waals surface area contributed by atoms with Crippen LogP contribution in [0.2, 0.25) is 5.02 Å². The number of carbonyl (C=O) groups excluding carboxylic acids is 2. The van der Waals surface area contributed by atoms with E-state index in [-0.39, 0.29) is 17.2 Å². The predicted octanol–water partition coefficient (Wildman–Crippen LogP) is 5.03. The van der Waals surface area contributed by atoms with Crippen molar-refractivity contribution in [3.63, 3.8) is 0 Å². The Bertz CT molecular complexity index is 1140. The summed E-state index contributed by atoms with van der Waals surface area (Å²) in [5.41, 5.74) is 0.995. The van der Waals surface area contributed by atoms with E-state index in [2.05, 4.69) is 21.1 Å².